The average Bonchev–Trinajstić information content (AvgIpc) is 3.14. The molecule has 2 aromatic carbocycles. The van der Waals surface area contributed by atoms with Crippen molar-refractivity contribution in [1.82, 2.24) is 10.3 Å². The summed E-state index contributed by atoms with van der Waals surface area (Å²) in [5.41, 5.74) is 2.03. The van der Waals surface area contributed by atoms with Crippen LogP contribution in [0.1, 0.15) is 17.3 Å². The van der Waals surface area contributed by atoms with Gasteiger partial charge in [0.15, 0.2) is 0 Å². The minimum atomic E-state index is -0.121. The second-order valence-electron chi connectivity index (χ2n) is 5.83. The molecule has 0 aliphatic rings. The summed E-state index contributed by atoms with van der Waals surface area (Å²) < 4.78 is 0. The van der Waals surface area contributed by atoms with E-state index >= 15 is 0 Å². The van der Waals surface area contributed by atoms with Crippen LogP contribution in [-0.2, 0) is 0 Å². The monoisotopic (exact) mass is 381 g/mol. The lowest BCUT2D eigenvalue weighted by Gasteiger charge is -2.12. The molecule has 0 aliphatic heterocycles. The van der Waals surface area contributed by atoms with Crippen LogP contribution in [0.15, 0.2) is 53.2 Å². The van der Waals surface area contributed by atoms with Crippen molar-refractivity contribution in [2.75, 3.05) is 11.9 Å². The van der Waals surface area contributed by atoms with Crippen LogP contribution in [0.3, 0.4) is 0 Å². The zero-order valence-corrected chi connectivity index (χ0v) is 15.6. The van der Waals surface area contributed by atoms with E-state index in [0.29, 0.717) is 28.5 Å². The maximum absolute atomic E-state index is 12.5. The highest BCUT2D eigenvalue weighted by atomic mass is 35.5. The van der Waals surface area contributed by atoms with Crippen molar-refractivity contribution in [2.45, 2.75) is 6.92 Å². The molecule has 1 amide bonds. The summed E-state index contributed by atoms with van der Waals surface area (Å²) in [6, 6.07) is 13.2. The van der Waals surface area contributed by atoms with Crippen molar-refractivity contribution in [1.29, 1.82) is 0 Å². The number of hydrogen-bond donors (Lipinski definition) is 2. The number of carbonyl (C=O) groups excluding carboxylic acids is 1. The fraction of sp³-hybridized carbons (Fsp3) is 0.100. The van der Waals surface area contributed by atoms with E-state index in [4.69, 9.17) is 16.6 Å². The number of aromatic nitrogens is 1. The number of anilines is 2. The second-order valence-corrected chi connectivity index (χ2v) is 6.98. The minimum absolute atomic E-state index is 0.121. The lowest BCUT2D eigenvalue weighted by Crippen LogP contribution is -2.23. The number of rotatable bonds is 4. The Morgan fingerprint density at radius 1 is 1.08 bits per heavy atom. The van der Waals surface area contributed by atoms with Gasteiger partial charge in [0, 0.05) is 28.1 Å². The number of hydrogen-bond acceptors (Lipinski definition) is 4. The molecule has 2 N–H and O–H groups in total. The third-order valence-corrected chi connectivity index (χ3v) is 5.25. The standard InChI is InChI=1S/C20H16ClN3OS/c1-2-22-20(25)13-7-5-6-12-14-10-26-11-15(14)19(24-18(12)13)23-17-9-4-3-8-16(17)21/h3-11H,2H2,1H3,(H,22,25)(H,23,24). The van der Waals surface area contributed by atoms with E-state index in [-0.39, 0.29) is 5.91 Å². The van der Waals surface area contributed by atoms with Gasteiger partial charge in [-0.3, -0.25) is 4.79 Å². The first-order valence-corrected chi connectivity index (χ1v) is 9.59. The molecule has 2 aromatic heterocycles. The number of fused-ring (bicyclic) bond motifs is 3. The van der Waals surface area contributed by atoms with Gasteiger partial charge in [0.25, 0.3) is 5.91 Å². The summed E-state index contributed by atoms with van der Waals surface area (Å²) in [6.45, 7) is 2.47. The SMILES string of the molecule is CCNC(=O)c1cccc2c1nc(Nc1ccccc1Cl)c1cscc12. The van der Waals surface area contributed by atoms with Gasteiger partial charge in [0.1, 0.15) is 5.82 Å². The summed E-state index contributed by atoms with van der Waals surface area (Å²) in [6.07, 6.45) is 0. The number of nitrogens with one attached hydrogen (secondary N) is 2. The minimum Gasteiger partial charge on any atom is -0.352 e. The number of halogens is 1. The quantitative estimate of drug-likeness (QED) is 0.484. The van der Waals surface area contributed by atoms with Crippen molar-refractivity contribution in [3.63, 3.8) is 0 Å². The fourth-order valence-electron chi connectivity index (χ4n) is 2.97. The molecule has 0 radical (unpaired) electrons. The zero-order chi connectivity index (χ0) is 18.1. The number of para-hydroxylation sites is 2. The first kappa shape index (κ1) is 16.8. The summed E-state index contributed by atoms with van der Waals surface area (Å²) in [5.74, 6) is 0.572. The highest BCUT2D eigenvalue weighted by Crippen LogP contribution is 2.35. The van der Waals surface area contributed by atoms with Gasteiger partial charge >= 0.3 is 0 Å². The lowest BCUT2D eigenvalue weighted by molar-refractivity contribution is 0.0957. The molecule has 0 aliphatic carbocycles. The number of nitrogens with zero attached hydrogens (tertiary/aromatic N) is 1. The summed E-state index contributed by atoms with van der Waals surface area (Å²) >= 11 is 7.90. The molecular formula is C20H16ClN3OS. The third-order valence-electron chi connectivity index (χ3n) is 4.18. The second kappa shape index (κ2) is 6.94. The van der Waals surface area contributed by atoms with E-state index in [0.717, 1.165) is 21.8 Å². The predicted molar refractivity (Wildman–Crippen MR) is 110 cm³/mol. The first-order chi connectivity index (χ1) is 12.7. The normalized spacial score (nSPS) is 11.0. The lowest BCUT2D eigenvalue weighted by atomic mass is 10.1. The molecule has 2 heterocycles. The van der Waals surface area contributed by atoms with Crippen molar-refractivity contribution in [3.05, 3.63) is 63.8 Å². The molecule has 0 saturated carbocycles. The third kappa shape index (κ3) is 2.89. The summed E-state index contributed by atoms with van der Waals surface area (Å²) in [4.78, 5) is 17.3. The van der Waals surface area contributed by atoms with E-state index in [1.54, 1.807) is 17.4 Å². The Morgan fingerprint density at radius 2 is 1.88 bits per heavy atom. The number of carbonyl (C=O) groups is 1. The van der Waals surface area contributed by atoms with Gasteiger partial charge in [-0.05, 0) is 30.5 Å². The Labute approximate surface area is 159 Å². The Kier molecular flexibility index (Phi) is 4.49. The topological polar surface area (TPSA) is 54.0 Å². The van der Waals surface area contributed by atoms with E-state index in [9.17, 15) is 4.79 Å². The Morgan fingerprint density at radius 3 is 2.69 bits per heavy atom. The van der Waals surface area contributed by atoms with E-state index in [1.807, 2.05) is 43.3 Å². The summed E-state index contributed by atoms with van der Waals surface area (Å²) in [5, 5.41) is 14.0. The molecule has 0 fully saturated rings. The van der Waals surface area contributed by atoms with Crippen LogP contribution in [0.2, 0.25) is 5.02 Å². The van der Waals surface area contributed by atoms with Gasteiger partial charge in [-0.1, -0.05) is 35.9 Å². The molecule has 4 nitrogen and oxygen atoms in total. The number of amides is 1. The molecular weight excluding hydrogens is 366 g/mol. The van der Waals surface area contributed by atoms with Crippen LogP contribution in [0.5, 0.6) is 0 Å². The Balaban J connectivity index is 1.94. The van der Waals surface area contributed by atoms with Crippen molar-refractivity contribution in [2.24, 2.45) is 0 Å². The van der Waals surface area contributed by atoms with E-state index < -0.39 is 0 Å². The van der Waals surface area contributed by atoms with Gasteiger partial charge < -0.3 is 10.6 Å². The molecule has 130 valence electrons. The number of pyridine rings is 1. The highest BCUT2D eigenvalue weighted by molar-refractivity contribution is 7.09. The molecule has 0 unspecified atom stereocenters. The first-order valence-electron chi connectivity index (χ1n) is 8.27. The van der Waals surface area contributed by atoms with Crippen LogP contribution in [0, 0.1) is 0 Å². The van der Waals surface area contributed by atoms with Gasteiger partial charge in [-0.15, -0.1) is 0 Å². The van der Waals surface area contributed by atoms with Crippen LogP contribution < -0.4 is 10.6 Å². The molecule has 0 spiro atoms. The van der Waals surface area contributed by atoms with Gasteiger partial charge in [0.05, 0.1) is 21.8 Å². The average molecular weight is 382 g/mol. The predicted octanol–water partition coefficient (Wildman–Crippen LogP) is 5.60. The van der Waals surface area contributed by atoms with Crippen molar-refractivity contribution < 1.29 is 4.79 Å². The van der Waals surface area contributed by atoms with Crippen molar-refractivity contribution >= 4 is 62.0 Å². The molecule has 6 heteroatoms. The molecule has 0 atom stereocenters. The zero-order valence-electron chi connectivity index (χ0n) is 14.0. The van der Waals surface area contributed by atoms with Gasteiger partial charge in [0.2, 0.25) is 0 Å². The van der Waals surface area contributed by atoms with Gasteiger partial charge in [-0.25, -0.2) is 4.98 Å². The van der Waals surface area contributed by atoms with E-state index in [2.05, 4.69) is 21.4 Å². The van der Waals surface area contributed by atoms with E-state index in [1.165, 1.54) is 0 Å². The van der Waals surface area contributed by atoms with Crippen molar-refractivity contribution in [3.8, 4) is 0 Å². The smallest absolute Gasteiger partial charge is 0.253 e. The molecule has 0 bridgehead atoms. The molecule has 4 aromatic rings. The van der Waals surface area contributed by atoms with Crippen LogP contribution in [0.4, 0.5) is 11.5 Å². The van der Waals surface area contributed by atoms with Crippen LogP contribution in [0.25, 0.3) is 21.7 Å². The van der Waals surface area contributed by atoms with Crippen LogP contribution >= 0.6 is 22.9 Å². The Hall–Kier alpha value is -2.63. The molecule has 4 rings (SSSR count). The largest absolute Gasteiger partial charge is 0.352 e. The number of thiophene rings is 1. The van der Waals surface area contributed by atoms with Crippen LogP contribution in [-0.4, -0.2) is 17.4 Å². The van der Waals surface area contributed by atoms with Gasteiger partial charge in [-0.2, -0.15) is 11.3 Å². The summed E-state index contributed by atoms with van der Waals surface area (Å²) in [7, 11) is 0. The molecule has 26 heavy (non-hydrogen) atoms. The maximum Gasteiger partial charge on any atom is 0.253 e. The maximum atomic E-state index is 12.5. The Bertz CT molecular complexity index is 1120. The highest BCUT2D eigenvalue weighted by Gasteiger charge is 2.16. The molecule has 0 saturated heterocycles. The number of benzene rings is 2. The fourth-order valence-corrected chi connectivity index (χ4v) is 3.98.